The first-order chi connectivity index (χ1) is 9.17. The molecule has 0 rings (SSSR count). The first-order valence-corrected chi connectivity index (χ1v) is 7.46. The fourth-order valence-corrected chi connectivity index (χ4v) is 2.37. The van der Waals surface area contributed by atoms with Crippen LogP contribution in [0, 0.1) is 5.92 Å². The van der Waals surface area contributed by atoms with Gasteiger partial charge in [0.2, 0.25) is 0 Å². The molecule has 0 heterocycles. The van der Waals surface area contributed by atoms with Gasteiger partial charge in [-0.2, -0.15) is 0 Å². The van der Waals surface area contributed by atoms with Crippen molar-refractivity contribution in [3.05, 3.63) is 12.2 Å². The van der Waals surface area contributed by atoms with Crippen LogP contribution in [0.1, 0.15) is 58.8 Å². The molecular weight excluding hydrogens is 240 g/mol. The van der Waals surface area contributed by atoms with E-state index in [1.54, 1.807) is 21.3 Å². The van der Waals surface area contributed by atoms with Crippen LogP contribution in [0.2, 0.25) is 0 Å². The van der Waals surface area contributed by atoms with Gasteiger partial charge in [-0.05, 0) is 19.3 Å². The van der Waals surface area contributed by atoms with E-state index in [-0.39, 0.29) is 0 Å². The SMILES string of the molecule is CC=CC(CCCCCCC)CC(OC)(OC)OC. The number of rotatable bonds is 12. The molecule has 3 nitrogen and oxygen atoms in total. The van der Waals surface area contributed by atoms with Crippen LogP contribution in [0.3, 0.4) is 0 Å². The normalized spacial score (nSPS) is 14.2. The minimum absolute atomic E-state index is 0.437. The van der Waals surface area contributed by atoms with Crippen LogP contribution in [-0.4, -0.2) is 27.3 Å². The van der Waals surface area contributed by atoms with Crippen molar-refractivity contribution in [1.29, 1.82) is 0 Å². The first-order valence-electron chi connectivity index (χ1n) is 7.46. The Bertz CT molecular complexity index is 214. The van der Waals surface area contributed by atoms with E-state index in [1.165, 1.54) is 32.1 Å². The summed E-state index contributed by atoms with van der Waals surface area (Å²) in [4.78, 5) is 0. The summed E-state index contributed by atoms with van der Waals surface area (Å²) in [6.45, 7) is 4.30. The van der Waals surface area contributed by atoms with Gasteiger partial charge in [0, 0.05) is 27.8 Å². The van der Waals surface area contributed by atoms with Crippen LogP contribution < -0.4 is 0 Å². The van der Waals surface area contributed by atoms with Crippen molar-refractivity contribution in [3.63, 3.8) is 0 Å². The Morgan fingerprint density at radius 3 is 2.00 bits per heavy atom. The zero-order chi connectivity index (χ0) is 14.6. The fraction of sp³-hybridized carbons (Fsp3) is 0.875. The van der Waals surface area contributed by atoms with Gasteiger partial charge in [-0.25, -0.2) is 0 Å². The van der Waals surface area contributed by atoms with Crippen LogP contribution >= 0.6 is 0 Å². The molecule has 0 aliphatic carbocycles. The van der Waals surface area contributed by atoms with E-state index in [2.05, 4.69) is 26.0 Å². The Morgan fingerprint density at radius 1 is 0.947 bits per heavy atom. The number of methoxy groups -OCH3 is 3. The van der Waals surface area contributed by atoms with Gasteiger partial charge in [0.25, 0.3) is 5.97 Å². The molecule has 0 bridgehead atoms. The van der Waals surface area contributed by atoms with Crippen molar-refractivity contribution in [3.8, 4) is 0 Å². The Morgan fingerprint density at radius 2 is 1.53 bits per heavy atom. The summed E-state index contributed by atoms with van der Waals surface area (Å²) in [6, 6.07) is 0. The highest BCUT2D eigenvalue weighted by Gasteiger charge is 2.32. The second kappa shape index (κ2) is 11.4. The molecule has 0 aromatic carbocycles. The highest BCUT2D eigenvalue weighted by molar-refractivity contribution is 4.87. The van der Waals surface area contributed by atoms with E-state index in [0.717, 1.165) is 12.8 Å². The molecule has 3 heteroatoms. The van der Waals surface area contributed by atoms with E-state index in [0.29, 0.717) is 5.92 Å². The van der Waals surface area contributed by atoms with E-state index < -0.39 is 5.97 Å². The number of hydrogen-bond acceptors (Lipinski definition) is 3. The van der Waals surface area contributed by atoms with Gasteiger partial charge >= 0.3 is 0 Å². The predicted octanol–water partition coefficient (Wildman–Crippen LogP) is 4.52. The lowest BCUT2D eigenvalue weighted by atomic mass is 9.95. The van der Waals surface area contributed by atoms with Crippen molar-refractivity contribution in [2.24, 2.45) is 5.92 Å². The van der Waals surface area contributed by atoms with Crippen molar-refractivity contribution in [2.45, 2.75) is 64.8 Å². The van der Waals surface area contributed by atoms with Gasteiger partial charge in [0.1, 0.15) is 0 Å². The average molecular weight is 272 g/mol. The molecule has 0 fully saturated rings. The topological polar surface area (TPSA) is 27.7 Å². The highest BCUT2D eigenvalue weighted by atomic mass is 16.9. The highest BCUT2D eigenvalue weighted by Crippen LogP contribution is 2.27. The summed E-state index contributed by atoms with van der Waals surface area (Å²) in [5.41, 5.74) is 0. The lowest BCUT2D eigenvalue weighted by Gasteiger charge is -2.31. The minimum Gasteiger partial charge on any atom is -0.331 e. The second-order valence-corrected chi connectivity index (χ2v) is 4.99. The van der Waals surface area contributed by atoms with Gasteiger partial charge in [0.15, 0.2) is 0 Å². The molecule has 0 aromatic heterocycles. The predicted molar refractivity (Wildman–Crippen MR) is 80.1 cm³/mol. The third-order valence-electron chi connectivity index (χ3n) is 3.59. The van der Waals surface area contributed by atoms with Crippen LogP contribution in [0.25, 0.3) is 0 Å². The molecule has 0 saturated heterocycles. The largest absolute Gasteiger partial charge is 0.331 e. The minimum atomic E-state index is -0.909. The molecule has 114 valence electrons. The monoisotopic (exact) mass is 272 g/mol. The Labute approximate surface area is 119 Å². The number of allylic oxidation sites excluding steroid dienone is 2. The third kappa shape index (κ3) is 7.71. The van der Waals surface area contributed by atoms with Crippen LogP contribution in [-0.2, 0) is 14.2 Å². The van der Waals surface area contributed by atoms with Gasteiger partial charge in [-0.1, -0.05) is 51.2 Å². The molecule has 0 radical (unpaired) electrons. The van der Waals surface area contributed by atoms with E-state index in [4.69, 9.17) is 14.2 Å². The standard InChI is InChI=1S/C16H32O3/c1-6-8-9-10-11-13-15(12-7-2)14-16(17-3,18-4)19-5/h7,12,15H,6,8-11,13-14H2,1-5H3. The summed E-state index contributed by atoms with van der Waals surface area (Å²) in [6.07, 6.45) is 12.7. The van der Waals surface area contributed by atoms with Crippen molar-refractivity contribution >= 4 is 0 Å². The van der Waals surface area contributed by atoms with Crippen molar-refractivity contribution in [1.82, 2.24) is 0 Å². The molecule has 0 spiro atoms. The van der Waals surface area contributed by atoms with Crippen molar-refractivity contribution < 1.29 is 14.2 Å². The van der Waals surface area contributed by atoms with E-state index >= 15 is 0 Å². The molecule has 1 unspecified atom stereocenters. The zero-order valence-corrected chi connectivity index (χ0v) is 13.4. The van der Waals surface area contributed by atoms with E-state index in [1.807, 2.05) is 0 Å². The summed E-state index contributed by atoms with van der Waals surface area (Å²) in [5, 5.41) is 0. The Kier molecular flexibility index (Phi) is 11.2. The smallest absolute Gasteiger partial charge is 0.282 e. The molecule has 0 aliphatic heterocycles. The summed E-state index contributed by atoms with van der Waals surface area (Å²) >= 11 is 0. The van der Waals surface area contributed by atoms with E-state index in [9.17, 15) is 0 Å². The Hall–Kier alpha value is -0.380. The number of ether oxygens (including phenoxy) is 3. The van der Waals surface area contributed by atoms with Gasteiger partial charge < -0.3 is 14.2 Å². The lowest BCUT2D eigenvalue weighted by molar-refractivity contribution is -0.358. The number of hydrogen-bond donors (Lipinski definition) is 0. The summed E-state index contributed by atoms with van der Waals surface area (Å²) in [5.74, 6) is -0.473. The van der Waals surface area contributed by atoms with Crippen molar-refractivity contribution in [2.75, 3.05) is 21.3 Å². The first kappa shape index (κ1) is 18.6. The number of unbranched alkanes of at least 4 members (excludes halogenated alkanes) is 4. The summed E-state index contributed by atoms with van der Waals surface area (Å²) in [7, 11) is 4.88. The quantitative estimate of drug-likeness (QED) is 0.297. The fourth-order valence-electron chi connectivity index (χ4n) is 2.37. The molecule has 19 heavy (non-hydrogen) atoms. The van der Waals surface area contributed by atoms with Crippen LogP contribution in [0.15, 0.2) is 12.2 Å². The summed E-state index contributed by atoms with van der Waals surface area (Å²) < 4.78 is 16.1. The molecule has 1 atom stereocenters. The average Bonchev–Trinajstić information content (AvgIpc) is 2.44. The molecular formula is C16H32O3. The molecule has 0 saturated carbocycles. The van der Waals surface area contributed by atoms with Crippen LogP contribution in [0.5, 0.6) is 0 Å². The molecule has 0 N–H and O–H groups in total. The lowest BCUT2D eigenvalue weighted by Crippen LogP contribution is -2.37. The van der Waals surface area contributed by atoms with Gasteiger partial charge in [-0.3, -0.25) is 0 Å². The van der Waals surface area contributed by atoms with Gasteiger partial charge in [0.05, 0.1) is 0 Å². The Balaban J connectivity index is 4.23. The van der Waals surface area contributed by atoms with Gasteiger partial charge in [-0.15, -0.1) is 0 Å². The van der Waals surface area contributed by atoms with Crippen LogP contribution in [0.4, 0.5) is 0 Å². The molecule has 0 amide bonds. The maximum atomic E-state index is 5.38. The maximum absolute atomic E-state index is 5.38. The second-order valence-electron chi connectivity index (χ2n) is 4.99. The third-order valence-corrected chi connectivity index (χ3v) is 3.59. The zero-order valence-electron chi connectivity index (χ0n) is 13.4. The molecule has 0 aliphatic rings. The maximum Gasteiger partial charge on any atom is 0.282 e. The molecule has 0 aromatic rings.